The van der Waals surface area contributed by atoms with E-state index in [0.29, 0.717) is 0 Å². The third kappa shape index (κ3) is 4.22. The molecule has 2 nitrogen and oxygen atoms in total. The van der Waals surface area contributed by atoms with E-state index in [0.717, 1.165) is 22.3 Å². The molecule has 1 heterocycles. The second kappa shape index (κ2) is 6.17. The molecule has 0 radical (unpaired) electrons. The number of pyridine rings is 1. The summed E-state index contributed by atoms with van der Waals surface area (Å²) in [6.45, 7) is 5.79. The molecule has 0 aliphatic carbocycles. The van der Waals surface area contributed by atoms with Gasteiger partial charge < -0.3 is 5.73 Å². The van der Waals surface area contributed by atoms with Crippen LogP contribution in [0.5, 0.6) is 0 Å². The molecule has 1 atom stereocenters. The summed E-state index contributed by atoms with van der Waals surface area (Å²) in [6.07, 6.45) is 0.781. The third-order valence-corrected chi connectivity index (χ3v) is 2.13. The zero-order valence-electron chi connectivity index (χ0n) is 8.03. The highest BCUT2D eigenvalue weighted by Gasteiger charge is 2.07. The summed E-state index contributed by atoms with van der Waals surface area (Å²) in [5.41, 5.74) is 7.90. The van der Waals surface area contributed by atoms with Crippen molar-refractivity contribution in [1.29, 1.82) is 0 Å². The Bertz CT molecular complexity index is 315. The summed E-state index contributed by atoms with van der Waals surface area (Å²) in [4.78, 5) is 4.28. The van der Waals surface area contributed by atoms with Gasteiger partial charge >= 0.3 is 0 Å². The molecular weight excluding hydrogens is 263 g/mol. The molecule has 78 valence electrons. The molecule has 0 fully saturated rings. The van der Waals surface area contributed by atoms with Gasteiger partial charge in [-0.1, -0.05) is 11.6 Å². The second-order valence-corrected chi connectivity index (χ2v) is 3.97. The summed E-state index contributed by atoms with van der Waals surface area (Å²) in [6, 6.07) is 5.70. The van der Waals surface area contributed by atoms with Crippen molar-refractivity contribution in [2.24, 2.45) is 5.73 Å². The lowest BCUT2D eigenvalue weighted by molar-refractivity contribution is 0.690. The van der Waals surface area contributed by atoms with Gasteiger partial charge in [-0.15, -0.1) is 19.0 Å². The number of aromatic nitrogens is 1. The SMILES string of the molecule is C=C(C)C[C@@H](N)c1cccc(Br)n1.Cl. The molecule has 0 saturated carbocycles. The van der Waals surface area contributed by atoms with E-state index in [1.54, 1.807) is 0 Å². The smallest absolute Gasteiger partial charge is 0.106 e. The number of nitrogens with zero attached hydrogens (tertiary/aromatic N) is 1. The van der Waals surface area contributed by atoms with Gasteiger partial charge in [-0.25, -0.2) is 4.98 Å². The van der Waals surface area contributed by atoms with Gasteiger partial charge in [-0.3, -0.25) is 0 Å². The van der Waals surface area contributed by atoms with Crippen LogP contribution in [0, 0.1) is 0 Å². The van der Waals surface area contributed by atoms with Crippen molar-refractivity contribution in [3.05, 3.63) is 40.6 Å². The van der Waals surface area contributed by atoms with Crippen molar-refractivity contribution in [1.82, 2.24) is 4.98 Å². The van der Waals surface area contributed by atoms with Crippen LogP contribution in [-0.4, -0.2) is 4.98 Å². The zero-order chi connectivity index (χ0) is 9.84. The molecular formula is C10H14BrClN2. The van der Waals surface area contributed by atoms with E-state index in [2.05, 4.69) is 27.5 Å². The van der Waals surface area contributed by atoms with Gasteiger partial charge in [-0.2, -0.15) is 0 Å². The van der Waals surface area contributed by atoms with E-state index in [1.165, 1.54) is 0 Å². The Labute approximate surface area is 99.1 Å². The Morgan fingerprint density at radius 1 is 1.64 bits per heavy atom. The first-order valence-electron chi connectivity index (χ1n) is 4.12. The second-order valence-electron chi connectivity index (χ2n) is 3.15. The lowest BCUT2D eigenvalue weighted by Crippen LogP contribution is -2.12. The van der Waals surface area contributed by atoms with Crippen LogP contribution in [-0.2, 0) is 0 Å². The van der Waals surface area contributed by atoms with Gasteiger partial charge in [0.05, 0.1) is 11.7 Å². The van der Waals surface area contributed by atoms with E-state index in [4.69, 9.17) is 5.73 Å². The number of nitrogens with two attached hydrogens (primary N) is 1. The summed E-state index contributed by atoms with van der Waals surface area (Å²) < 4.78 is 0.821. The molecule has 0 saturated heterocycles. The number of rotatable bonds is 3. The highest BCUT2D eigenvalue weighted by molar-refractivity contribution is 9.10. The zero-order valence-corrected chi connectivity index (χ0v) is 10.4. The van der Waals surface area contributed by atoms with Crippen molar-refractivity contribution < 1.29 is 0 Å². The van der Waals surface area contributed by atoms with E-state index < -0.39 is 0 Å². The fraction of sp³-hybridized carbons (Fsp3) is 0.300. The molecule has 0 aliphatic rings. The third-order valence-electron chi connectivity index (χ3n) is 1.68. The van der Waals surface area contributed by atoms with Crippen molar-refractivity contribution >= 4 is 28.3 Å². The molecule has 1 rings (SSSR count). The van der Waals surface area contributed by atoms with E-state index in [-0.39, 0.29) is 18.4 Å². The van der Waals surface area contributed by atoms with E-state index >= 15 is 0 Å². The first kappa shape index (κ1) is 13.6. The monoisotopic (exact) mass is 276 g/mol. The fourth-order valence-electron chi connectivity index (χ4n) is 1.11. The molecule has 0 aromatic carbocycles. The van der Waals surface area contributed by atoms with Gasteiger partial charge in [0.15, 0.2) is 0 Å². The van der Waals surface area contributed by atoms with E-state index in [9.17, 15) is 0 Å². The largest absolute Gasteiger partial charge is 0.322 e. The van der Waals surface area contributed by atoms with Gasteiger partial charge in [0.25, 0.3) is 0 Å². The highest BCUT2D eigenvalue weighted by atomic mass is 79.9. The fourth-order valence-corrected chi connectivity index (χ4v) is 1.47. The van der Waals surface area contributed by atoms with Crippen LogP contribution in [0.15, 0.2) is 35.0 Å². The number of hydrogen-bond donors (Lipinski definition) is 1. The maximum Gasteiger partial charge on any atom is 0.106 e. The Hall–Kier alpha value is -0.380. The van der Waals surface area contributed by atoms with Crippen LogP contribution in [0.3, 0.4) is 0 Å². The average molecular weight is 278 g/mol. The Morgan fingerprint density at radius 2 is 2.29 bits per heavy atom. The van der Waals surface area contributed by atoms with Crippen molar-refractivity contribution in [2.45, 2.75) is 19.4 Å². The molecule has 1 aromatic heterocycles. The lowest BCUT2D eigenvalue weighted by Gasteiger charge is -2.10. The highest BCUT2D eigenvalue weighted by Crippen LogP contribution is 2.17. The van der Waals surface area contributed by atoms with Gasteiger partial charge in [-0.05, 0) is 41.4 Å². The van der Waals surface area contributed by atoms with Crippen molar-refractivity contribution in [3.8, 4) is 0 Å². The molecule has 0 spiro atoms. The predicted octanol–water partition coefficient (Wildman–Crippen LogP) is 3.23. The normalized spacial score (nSPS) is 11.6. The van der Waals surface area contributed by atoms with Gasteiger partial charge in [0.1, 0.15) is 4.60 Å². The van der Waals surface area contributed by atoms with Gasteiger partial charge in [0.2, 0.25) is 0 Å². The lowest BCUT2D eigenvalue weighted by atomic mass is 10.1. The molecule has 0 aliphatic heterocycles. The Balaban J connectivity index is 0.00000169. The molecule has 0 unspecified atom stereocenters. The summed E-state index contributed by atoms with van der Waals surface area (Å²) in [5.74, 6) is 0. The van der Waals surface area contributed by atoms with Crippen molar-refractivity contribution in [2.75, 3.05) is 0 Å². The first-order chi connectivity index (χ1) is 6.09. The molecule has 0 amide bonds. The van der Waals surface area contributed by atoms with Crippen LogP contribution in [0.1, 0.15) is 25.1 Å². The van der Waals surface area contributed by atoms with Crippen LogP contribution >= 0.6 is 28.3 Å². The van der Waals surface area contributed by atoms with Crippen LogP contribution in [0.4, 0.5) is 0 Å². The molecule has 14 heavy (non-hydrogen) atoms. The minimum atomic E-state index is -0.0463. The van der Waals surface area contributed by atoms with E-state index in [1.807, 2.05) is 25.1 Å². The van der Waals surface area contributed by atoms with Crippen LogP contribution < -0.4 is 5.73 Å². The number of hydrogen-bond acceptors (Lipinski definition) is 2. The average Bonchev–Trinajstić information content (AvgIpc) is 2.03. The maximum absolute atomic E-state index is 5.92. The standard InChI is InChI=1S/C10H13BrN2.ClH/c1-7(2)6-8(12)9-4-3-5-10(11)13-9;/h3-5,8H,1,6,12H2,2H3;1H/t8-;/m1./s1. The van der Waals surface area contributed by atoms with Crippen molar-refractivity contribution in [3.63, 3.8) is 0 Å². The Kier molecular flexibility index (Phi) is 6.00. The number of halogens is 2. The first-order valence-corrected chi connectivity index (χ1v) is 4.91. The summed E-state index contributed by atoms with van der Waals surface area (Å²) in [5, 5.41) is 0. The Morgan fingerprint density at radius 3 is 2.79 bits per heavy atom. The predicted molar refractivity (Wildman–Crippen MR) is 65.5 cm³/mol. The quantitative estimate of drug-likeness (QED) is 0.680. The molecule has 4 heteroatoms. The van der Waals surface area contributed by atoms with Crippen LogP contribution in [0.2, 0.25) is 0 Å². The summed E-state index contributed by atoms with van der Waals surface area (Å²) >= 11 is 3.31. The topological polar surface area (TPSA) is 38.9 Å². The van der Waals surface area contributed by atoms with Gasteiger partial charge in [0, 0.05) is 0 Å². The van der Waals surface area contributed by atoms with Crippen LogP contribution in [0.25, 0.3) is 0 Å². The molecule has 1 aromatic rings. The molecule has 2 N–H and O–H groups in total. The minimum absolute atomic E-state index is 0. The molecule has 0 bridgehead atoms. The summed E-state index contributed by atoms with van der Waals surface area (Å²) in [7, 11) is 0. The maximum atomic E-state index is 5.92. The minimum Gasteiger partial charge on any atom is -0.322 e.